The van der Waals surface area contributed by atoms with Gasteiger partial charge in [0.2, 0.25) is 0 Å². The molecule has 1 aliphatic rings. The van der Waals surface area contributed by atoms with Gasteiger partial charge in [-0.1, -0.05) is 30.3 Å². The van der Waals surface area contributed by atoms with Gasteiger partial charge in [0.15, 0.2) is 0 Å². The van der Waals surface area contributed by atoms with Gasteiger partial charge >= 0.3 is 0 Å². The average molecular weight is 278 g/mol. The maximum atomic E-state index is 9.32. The lowest BCUT2D eigenvalue weighted by molar-refractivity contribution is -0.149. The highest BCUT2D eigenvalue weighted by Gasteiger charge is 2.32. The van der Waals surface area contributed by atoms with E-state index in [0.717, 1.165) is 26.1 Å². The van der Waals surface area contributed by atoms with Crippen LogP contribution in [0.1, 0.15) is 31.9 Å². The van der Waals surface area contributed by atoms with Crippen LogP contribution in [0.25, 0.3) is 0 Å². The SMILES string of the molecule is CC1(C)CN(CCC(N)c2ccccc2)CC(CO)O1. The van der Waals surface area contributed by atoms with E-state index in [1.165, 1.54) is 5.56 Å². The fourth-order valence-electron chi connectivity index (χ4n) is 2.87. The highest BCUT2D eigenvalue weighted by atomic mass is 16.5. The molecule has 2 rings (SSSR count). The Hall–Kier alpha value is -0.940. The first-order valence-corrected chi connectivity index (χ1v) is 7.32. The van der Waals surface area contributed by atoms with Gasteiger partial charge in [0.25, 0.3) is 0 Å². The number of nitrogens with two attached hydrogens (primary N) is 1. The highest BCUT2D eigenvalue weighted by molar-refractivity contribution is 5.18. The maximum Gasteiger partial charge on any atom is 0.0940 e. The van der Waals surface area contributed by atoms with E-state index in [4.69, 9.17) is 10.5 Å². The molecule has 0 radical (unpaired) electrons. The number of benzene rings is 1. The smallest absolute Gasteiger partial charge is 0.0940 e. The van der Waals surface area contributed by atoms with Crippen molar-refractivity contribution in [1.82, 2.24) is 4.90 Å². The summed E-state index contributed by atoms with van der Waals surface area (Å²) in [5.41, 5.74) is 7.21. The monoisotopic (exact) mass is 278 g/mol. The van der Waals surface area contributed by atoms with E-state index >= 15 is 0 Å². The second kappa shape index (κ2) is 6.68. The summed E-state index contributed by atoms with van der Waals surface area (Å²) in [6.07, 6.45) is 0.824. The van der Waals surface area contributed by atoms with E-state index in [1.807, 2.05) is 18.2 Å². The molecule has 1 fully saturated rings. The first-order valence-electron chi connectivity index (χ1n) is 7.32. The van der Waals surface area contributed by atoms with E-state index in [1.54, 1.807) is 0 Å². The van der Waals surface area contributed by atoms with E-state index in [-0.39, 0.29) is 24.4 Å². The van der Waals surface area contributed by atoms with Crippen LogP contribution in [0, 0.1) is 0 Å². The number of rotatable bonds is 5. The van der Waals surface area contributed by atoms with Gasteiger partial charge in [0, 0.05) is 25.7 Å². The summed E-state index contributed by atoms with van der Waals surface area (Å²) in [7, 11) is 0. The van der Waals surface area contributed by atoms with E-state index in [0.29, 0.717) is 0 Å². The van der Waals surface area contributed by atoms with Crippen molar-refractivity contribution in [2.24, 2.45) is 5.73 Å². The number of nitrogens with zero attached hydrogens (tertiary/aromatic N) is 1. The molecule has 0 aromatic heterocycles. The van der Waals surface area contributed by atoms with Gasteiger partial charge in [0.1, 0.15) is 0 Å². The summed E-state index contributed by atoms with van der Waals surface area (Å²) < 4.78 is 5.82. The molecule has 1 aromatic carbocycles. The normalized spacial score (nSPS) is 24.5. The summed E-state index contributed by atoms with van der Waals surface area (Å²) in [5.74, 6) is 0. The van der Waals surface area contributed by atoms with Crippen molar-refractivity contribution in [2.75, 3.05) is 26.2 Å². The molecule has 1 saturated heterocycles. The van der Waals surface area contributed by atoms with E-state index in [2.05, 4.69) is 30.9 Å². The number of hydrogen-bond acceptors (Lipinski definition) is 4. The van der Waals surface area contributed by atoms with E-state index in [9.17, 15) is 5.11 Å². The van der Waals surface area contributed by atoms with Crippen molar-refractivity contribution < 1.29 is 9.84 Å². The van der Waals surface area contributed by atoms with Crippen LogP contribution >= 0.6 is 0 Å². The zero-order chi connectivity index (χ0) is 14.6. The van der Waals surface area contributed by atoms with Crippen LogP contribution in [0.5, 0.6) is 0 Å². The molecule has 4 nitrogen and oxygen atoms in total. The van der Waals surface area contributed by atoms with Crippen molar-refractivity contribution in [2.45, 2.75) is 38.0 Å². The lowest BCUT2D eigenvalue weighted by atomic mass is 10.0. The van der Waals surface area contributed by atoms with Crippen molar-refractivity contribution >= 4 is 0 Å². The fraction of sp³-hybridized carbons (Fsp3) is 0.625. The van der Waals surface area contributed by atoms with Crippen molar-refractivity contribution in [1.29, 1.82) is 0 Å². The summed E-state index contributed by atoms with van der Waals surface area (Å²) in [6.45, 7) is 6.80. The molecular weight excluding hydrogens is 252 g/mol. The van der Waals surface area contributed by atoms with Gasteiger partial charge in [-0.2, -0.15) is 0 Å². The first kappa shape index (κ1) is 15.4. The molecule has 1 heterocycles. The van der Waals surface area contributed by atoms with Crippen molar-refractivity contribution in [3.63, 3.8) is 0 Å². The molecule has 0 aliphatic carbocycles. The molecule has 0 bridgehead atoms. The molecule has 0 spiro atoms. The zero-order valence-electron chi connectivity index (χ0n) is 12.5. The largest absolute Gasteiger partial charge is 0.394 e. The second-order valence-electron chi connectivity index (χ2n) is 6.22. The second-order valence-corrected chi connectivity index (χ2v) is 6.22. The Balaban J connectivity index is 1.87. The van der Waals surface area contributed by atoms with Crippen molar-refractivity contribution in [3.8, 4) is 0 Å². The van der Waals surface area contributed by atoms with Crippen LogP contribution in [0.3, 0.4) is 0 Å². The molecule has 1 aliphatic heterocycles. The van der Waals surface area contributed by atoms with Gasteiger partial charge in [-0.05, 0) is 25.8 Å². The summed E-state index contributed by atoms with van der Waals surface area (Å²) in [4.78, 5) is 2.34. The molecular formula is C16H26N2O2. The van der Waals surface area contributed by atoms with Crippen LogP contribution in [-0.4, -0.2) is 48.0 Å². The Labute approximate surface area is 121 Å². The van der Waals surface area contributed by atoms with Gasteiger partial charge < -0.3 is 15.6 Å². The van der Waals surface area contributed by atoms with Crippen LogP contribution < -0.4 is 5.73 Å². The van der Waals surface area contributed by atoms with Gasteiger partial charge in [0.05, 0.1) is 18.3 Å². The van der Waals surface area contributed by atoms with Gasteiger partial charge in [-0.3, -0.25) is 4.90 Å². The number of aliphatic hydroxyl groups is 1. The Morgan fingerprint density at radius 3 is 2.75 bits per heavy atom. The number of ether oxygens (including phenoxy) is 1. The van der Waals surface area contributed by atoms with Crippen LogP contribution in [-0.2, 0) is 4.74 Å². The third kappa shape index (κ3) is 4.28. The molecule has 4 heteroatoms. The minimum absolute atomic E-state index is 0.0646. The molecule has 0 saturated carbocycles. The summed E-state index contributed by atoms with van der Waals surface area (Å²) in [6, 6.07) is 10.3. The van der Waals surface area contributed by atoms with Gasteiger partial charge in [-0.25, -0.2) is 0 Å². The number of hydrogen-bond donors (Lipinski definition) is 2. The Morgan fingerprint density at radius 2 is 2.10 bits per heavy atom. The van der Waals surface area contributed by atoms with Crippen LogP contribution in [0.15, 0.2) is 30.3 Å². The fourth-order valence-corrected chi connectivity index (χ4v) is 2.87. The molecule has 20 heavy (non-hydrogen) atoms. The van der Waals surface area contributed by atoms with Gasteiger partial charge in [-0.15, -0.1) is 0 Å². The van der Waals surface area contributed by atoms with Crippen LogP contribution in [0.2, 0.25) is 0 Å². The first-order chi connectivity index (χ1) is 9.50. The summed E-state index contributed by atoms with van der Waals surface area (Å²) >= 11 is 0. The predicted molar refractivity (Wildman–Crippen MR) is 80.5 cm³/mol. The quantitative estimate of drug-likeness (QED) is 0.858. The average Bonchev–Trinajstić information content (AvgIpc) is 2.44. The lowest BCUT2D eigenvalue weighted by Gasteiger charge is -2.42. The molecule has 0 amide bonds. The standard InChI is InChI=1S/C16H26N2O2/c1-16(2)12-18(10-14(11-19)20-16)9-8-15(17)13-6-4-3-5-7-13/h3-7,14-15,19H,8-12,17H2,1-2H3. The Bertz CT molecular complexity index is 408. The third-order valence-corrected chi connectivity index (χ3v) is 3.74. The predicted octanol–water partition coefficient (Wildman–Crippen LogP) is 1.55. The van der Waals surface area contributed by atoms with E-state index < -0.39 is 0 Å². The third-order valence-electron chi connectivity index (χ3n) is 3.74. The number of morpholine rings is 1. The Morgan fingerprint density at radius 1 is 1.40 bits per heavy atom. The Kier molecular flexibility index (Phi) is 5.16. The topological polar surface area (TPSA) is 58.7 Å². The van der Waals surface area contributed by atoms with Crippen molar-refractivity contribution in [3.05, 3.63) is 35.9 Å². The number of aliphatic hydroxyl groups excluding tert-OH is 1. The molecule has 1 aromatic rings. The molecule has 2 atom stereocenters. The molecule has 2 unspecified atom stereocenters. The minimum atomic E-state index is -0.206. The molecule has 3 N–H and O–H groups in total. The minimum Gasteiger partial charge on any atom is -0.394 e. The maximum absolute atomic E-state index is 9.32. The highest BCUT2D eigenvalue weighted by Crippen LogP contribution is 2.22. The summed E-state index contributed by atoms with van der Waals surface area (Å²) in [5, 5.41) is 9.32. The van der Waals surface area contributed by atoms with Crippen LogP contribution in [0.4, 0.5) is 0 Å². The zero-order valence-corrected chi connectivity index (χ0v) is 12.5. The molecule has 112 valence electrons. The lowest BCUT2D eigenvalue weighted by Crippen LogP contribution is -2.54.